The van der Waals surface area contributed by atoms with Crippen molar-refractivity contribution in [2.75, 3.05) is 19.7 Å². The Morgan fingerprint density at radius 2 is 1.90 bits per heavy atom. The normalized spacial score (nSPS) is 10.1. The molecule has 0 unspecified atom stereocenters. The number of benzene rings is 1. The second kappa shape index (κ2) is 9.17. The van der Waals surface area contributed by atoms with Crippen LogP contribution in [0.2, 0.25) is 0 Å². The van der Waals surface area contributed by atoms with Crippen LogP contribution in [-0.4, -0.2) is 41.7 Å². The van der Waals surface area contributed by atoms with Crippen LogP contribution in [0.15, 0.2) is 24.3 Å². The van der Waals surface area contributed by atoms with E-state index in [2.05, 4.69) is 25.7 Å². The lowest BCUT2D eigenvalue weighted by molar-refractivity contribution is 0.0622. The van der Waals surface area contributed by atoms with Gasteiger partial charge in [-0.1, -0.05) is 25.7 Å². The fraction of sp³-hybridized carbons (Fsp3) is 0.471. The zero-order valence-corrected chi connectivity index (χ0v) is 12.8. The highest BCUT2D eigenvalue weighted by molar-refractivity contribution is 5.94. The smallest absolute Gasteiger partial charge is 0.254 e. The van der Waals surface area contributed by atoms with Gasteiger partial charge in [-0.2, -0.15) is 0 Å². The summed E-state index contributed by atoms with van der Waals surface area (Å²) in [5, 5.41) is 9.19. The Balaban J connectivity index is 2.93. The predicted molar refractivity (Wildman–Crippen MR) is 84.9 cm³/mol. The molecule has 1 amide bonds. The molecule has 4 nitrogen and oxygen atoms in total. The van der Waals surface area contributed by atoms with Crippen LogP contribution in [0.4, 0.5) is 0 Å². The number of aliphatic hydroxyl groups excluding tert-OH is 1. The highest BCUT2D eigenvalue weighted by Gasteiger charge is 2.21. The Kier molecular flexibility index (Phi) is 7.52. The highest BCUT2D eigenvalue weighted by Crippen LogP contribution is 2.14. The van der Waals surface area contributed by atoms with Crippen molar-refractivity contribution in [3.8, 4) is 11.8 Å². The van der Waals surface area contributed by atoms with Gasteiger partial charge in [0, 0.05) is 23.7 Å². The molecule has 4 heteroatoms. The average Bonchev–Trinajstić information content (AvgIpc) is 2.53. The van der Waals surface area contributed by atoms with Crippen molar-refractivity contribution in [3.63, 3.8) is 0 Å². The summed E-state index contributed by atoms with van der Waals surface area (Å²) in [6, 6.07) is 7.34. The molecule has 0 saturated carbocycles. The molecule has 0 heterocycles. The molecular weight excluding hydrogens is 264 g/mol. The first-order valence-corrected chi connectivity index (χ1v) is 7.38. The third-order valence-electron chi connectivity index (χ3n) is 3.45. The summed E-state index contributed by atoms with van der Waals surface area (Å²) in [5.41, 5.74) is 6.79. The Hall–Kier alpha value is -1.83. The largest absolute Gasteiger partial charge is 0.395 e. The number of hydrogen-bond acceptors (Lipinski definition) is 3. The van der Waals surface area contributed by atoms with Crippen molar-refractivity contribution < 1.29 is 9.90 Å². The van der Waals surface area contributed by atoms with E-state index in [4.69, 9.17) is 5.73 Å². The summed E-state index contributed by atoms with van der Waals surface area (Å²) >= 11 is 0. The fourth-order valence-electron chi connectivity index (χ4n) is 2.30. The molecule has 1 aromatic rings. The predicted octanol–water partition coefficient (Wildman–Crippen LogP) is 1.62. The Labute approximate surface area is 127 Å². The molecule has 0 spiro atoms. The molecule has 0 aromatic heterocycles. The molecule has 0 fully saturated rings. The molecule has 0 bridgehead atoms. The van der Waals surface area contributed by atoms with Crippen LogP contribution in [0.5, 0.6) is 0 Å². The van der Waals surface area contributed by atoms with E-state index in [1.54, 1.807) is 17.0 Å². The van der Waals surface area contributed by atoms with Crippen molar-refractivity contribution in [2.24, 2.45) is 5.73 Å². The zero-order chi connectivity index (χ0) is 15.7. The minimum absolute atomic E-state index is 0.0255. The molecule has 0 atom stereocenters. The molecular formula is C17H24N2O2. The Bertz CT molecular complexity index is 496. The lowest BCUT2D eigenvalue weighted by Gasteiger charge is -2.30. The number of hydrogen-bond donors (Lipinski definition) is 2. The number of carbonyl (C=O) groups excluding carboxylic acids is 1. The molecule has 3 N–H and O–H groups in total. The van der Waals surface area contributed by atoms with Crippen LogP contribution >= 0.6 is 0 Å². The summed E-state index contributed by atoms with van der Waals surface area (Å²) in [7, 11) is 0. The van der Waals surface area contributed by atoms with Gasteiger partial charge in [-0.3, -0.25) is 4.79 Å². The highest BCUT2D eigenvalue weighted by atomic mass is 16.3. The third kappa shape index (κ3) is 4.89. The molecule has 114 valence electrons. The van der Waals surface area contributed by atoms with Crippen molar-refractivity contribution in [2.45, 2.75) is 32.7 Å². The first kappa shape index (κ1) is 17.2. The minimum atomic E-state index is -0.0453. The lowest BCUT2D eigenvalue weighted by atomic mass is 10.1. The standard InChI is InChI=1S/C17H24N2O2/c1-3-16(4-2)19(12-13-20)17(21)15-9-7-14(8-10-15)6-5-11-18/h7-10,16,20H,3-4,11-13,18H2,1-2H3. The van der Waals surface area contributed by atoms with E-state index in [0.29, 0.717) is 18.7 Å². The van der Waals surface area contributed by atoms with Gasteiger partial charge in [0.1, 0.15) is 0 Å². The van der Waals surface area contributed by atoms with Crippen molar-refractivity contribution in [1.82, 2.24) is 4.90 Å². The molecule has 21 heavy (non-hydrogen) atoms. The minimum Gasteiger partial charge on any atom is -0.395 e. The van der Waals surface area contributed by atoms with E-state index in [-0.39, 0.29) is 18.6 Å². The van der Waals surface area contributed by atoms with E-state index in [1.807, 2.05) is 12.1 Å². The van der Waals surface area contributed by atoms with Gasteiger partial charge in [0.15, 0.2) is 0 Å². The summed E-state index contributed by atoms with van der Waals surface area (Å²) in [4.78, 5) is 14.3. The zero-order valence-electron chi connectivity index (χ0n) is 12.8. The van der Waals surface area contributed by atoms with Crippen LogP contribution in [0, 0.1) is 11.8 Å². The van der Waals surface area contributed by atoms with E-state index < -0.39 is 0 Å². The monoisotopic (exact) mass is 288 g/mol. The molecule has 0 saturated heterocycles. The number of nitrogens with two attached hydrogens (primary N) is 1. The molecule has 0 radical (unpaired) electrons. The van der Waals surface area contributed by atoms with Crippen LogP contribution in [-0.2, 0) is 0 Å². The van der Waals surface area contributed by atoms with Crippen LogP contribution in [0.3, 0.4) is 0 Å². The van der Waals surface area contributed by atoms with Crippen LogP contribution < -0.4 is 5.73 Å². The first-order chi connectivity index (χ1) is 10.2. The van der Waals surface area contributed by atoms with Gasteiger partial charge in [0.05, 0.1) is 13.2 Å². The van der Waals surface area contributed by atoms with Gasteiger partial charge in [0.2, 0.25) is 0 Å². The third-order valence-corrected chi connectivity index (χ3v) is 3.45. The van der Waals surface area contributed by atoms with E-state index in [0.717, 1.165) is 18.4 Å². The Morgan fingerprint density at radius 3 is 2.38 bits per heavy atom. The summed E-state index contributed by atoms with van der Waals surface area (Å²) < 4.78 is 0. The number of rotatable bonds is 6. The number of nitrogens with zero attached hydrogens (tertiary/aromatic N) is 1. The van der Waals surface area contributed by atoms with Crippen molar-refractivity contribution >= 4 is 5.91 Å². The van der Waals surface area contributed by atoms with E-state index in [9.17, 15) is 9.90 Å². The number of carbonyl (C=O) groups is 1. The second-order valence-corrected chi connectivity index (χ2v) is 4.78. The summed E-state index contributed by atoms with van der Waals surface area (Å²) in [5.74, 6) is 5.67. The number of amides is 1. The van der Waals surface area contributed by atoms with Gasteiger partial charge in [-0.25, -0.2) is 0 Å². The maximum atomic E-state index is 12.6. The molecule has 0 aliphatic heterocycles. The van der Waals surface area contributed by atoms with E-state index >= 15 is 0 Å². The van der Waals surface area contributed by atoms with Gasteiger partial charge >= 0.3 is 0 Å². The van der Waals surface area contributed by atoms with Crippen LogP contribution in [0.25, 0.3) is 0 Å². The van der Waals surface area contributed by atoms with Gasteiger partial charge in [0.25, 0.3) is 5.91 Å². The molecule has 0 aliphatic rings. The average molecular weight is 288 g/mol. The summed E-state index contributed by atoms with van der Waals surface area (Å²) in [6.07, 6.45) is 1.75. The summed E-state index contributed by atoms with van der Waals surface area (Å²) in [6.45, 7) is 4.76. The second-order valence-electron chi connectivity index (χ2n) is 4.78. The maximum Gasteiger partial charge on any atom is 0.254 e. The van der Waals surface area contributed by atoms with Gasteiger partial charge in [-0.15, -0.1) is 0 Å². The van der Waals surface area contributed by atoms with E-state index in [1.165, 1.54) is 0 Å². The number of aliphatic hydroxyl groups is 1. The lowest BCUT2D eigenvalue weighted by Crippen LogP contribution is -2.41. The molecule has 1 aromatic carbocycles. The van der Waals surface area contributed by atoms with Crippen molar-refractivity contribution in [1.29, 1.82) is 0 Å². The maximum absolute atomic E-state index is 12.6. The van der Waals surface area contributed by atoms with Crippen LogP contribution in [0.1, 0.15) is 42.6 Å². The fourth-order valence-corrected chi connectivity index (χ4v) is 2.30. The van der Waals surface area contributed by atoms with Crippen molar-refractivity contribution in [3.05, 3.63) is 35.4 Å². The quantitative estimate of drug-likeness (QED) is 0.782. The SMILES string of the molecule is CCC(CC)N(CCO)C(=O)c1ccc(C#CCN)cc1. The van der Waals surface area contributed by atoms with Gasteiger partial charge in [-0.05, 0) is 37.1 Å². The molecule has 1 rings (SSSR count). The molecule has 0 aliphatic carbocycles. The Morgan fingerprint density at radius 1 is 1.29 bits per heavy atom. The van der Waals surface area contributed by atoms with Gasteiger partial charge < -0.3 is 15.7 Å². The first-order valence-electron chi connectivity index (χ1n) is 7.38. The topological polar surface area (TPSA) is 66.6 Å².